The fourth-order valence-corrected chi connectivity index (χ4v) is 1.34. The van der Waals surface area contributed by atoms with Crippen LogP contribution in [-0.4, -0.2) is 16.0 Å². The molecular formula is C12H13NO5. The average molecular weight is 251 g/mol. The highest BCUT2D eigenvalue weighted by Gasteiger charge is 2.13. The van der Waals surface area contributed by atoms with Crippen molar-refractivity contribution in [2.24, 2.45) is 0 Å². The maximum absolute atomic E-state index is 11.3. The molecule has 0 aliphatic heterocycles. The Morgan fingerprint density at radius 1 is 1.56 bits per heavy atom. The van der Waals surface area contributed by atoms with Gasteiger partial charge in [0.2, 0.25) is 0 Å². The molecule has 0 aliphatic rings. The third kappa shape index (κ3) is 3.89. The fourth-order valence-electron chi connectivity index (χ4n) is 1.34. The Morgan fingerprint density at radius 3 is 2.78 bits per heavy atom. The van der Waals surface area contributed by atoms with Crippen molar-refractivity contribution in [1.82, 2.24) is 0 Å². The lowest BCUT2D eigenvalue weighted by Crippen LogP contribution is -2.07. The number of non-ortho nitro benzene ring substituents is 1. The molecule has 0 saturated heterocycles. The molecule has 1 atom stereocenters. The molecule has 96 valence electrons. The molecule has 1 N–H and O–H groups in total. The maximum Gasteiger partial charge on any atom is 0.334 e. The number of hydrogen-bond donors (Lipinski definition) is 1. The van der Waals surface area contributed by atoms with Crippen molar-refractivity contribution in [3.8, 4) is 0 Å². The van der Waals surface area contributed by atoms with Gasteiger partial charge in [-0.05, 0) is 19.4 Å². The second-order valence-corrected chi connectivity index (χ2v) is 3.72. The highest BCUT2D eigenvalue weighted by molar-refractivity contribution is 5.82. The van der Waals surface area contributed by atoms with Crippen LogP contribution in [0.25, 0.3) is 0 Å². The van der Waals surface area contributed by atoms with Crippen molar-refractivity contribution < 1.29 is 19.6 Å². The van der Waals surface area contributed by atoms with E-state index in [0.29, 0.717) is 5.56 Å². The molecule has 1 aromatic rings. The summed E-state index contributed by atoms with van der Waals surface area (Å²) < 4.78 is 4.98. The maximum atomic E-state index is 11.3. The molecule has 0 heterocycles. The number of rotatable bonds is 4. The SMILES string of the molecule is C/C(O)=C/C(=O)OC(C)c1cccc([N+](=O)[O-])c1. The van der Waals surface area contributed by atoms with Crippen LogP contribution in [0, 0.1) is 10.1 Å². The number of nitro benzene ring substituents is 1. The normalized spacial score (nSPS) is 12.9. The lowest BCUT2D eigenvalue weighted by atomic mass is 10.1. The van der Waals surface area contributed by atoms with E-state index in [-0.39, 0.29) is 11.4 Å². The van der Waals surface area contributed by atoms with Gasteiger partial charge in [-0.1, -0.05) is 12.1 Å². The molecule has 0 radical (unpaired) electrons. The van der Waals surface area contributed by atoms with Crippen LogP contribution < -0.4 is 0 Å². The molecule has 1 aromatic carbocycles. The van der Waals surface area contributed by atoms with Crippen LogP contribution in [0.5, 0.6) is 0 Å². The molecule has 0 bridgehead atoms. The first kappa shape index (κ1) is 13.7. The van der Waals surface area contributed by atoms with Gasteiger partial charge in [-0.2, -0.15) is 0 Å². The molecule has 1 unspecified atom stereocenters. The summed E-state index contributed by atoms with van der Waals surface area (Å²) >= 11 is 0. The Labute approximate surface area is 104 Å². The molecule has 1 rings (SSSR count). The van der Waals surface area contributed by atoms with Gasteiger partial charge in [0.15, 0.2) is 0 Å². The molecule has 0 fully saturated rings. The van der Waals surface area contributed by atoms with E-state index in [4.69, 9.17) is 9.84 Å². The number of hydrogen-bond acceptors (Lipinski definition) is 5. The summed E-state index contributed by atoms with van der Waals surface area (Å²) in [5, 5.41) is 19.5. The zero-order chi connectivity index (χ0) is 13.7. The molecule has 18 heavy (non-hydrogen) atoms. The minimum Gasteiger partial charge on any atom is -0.512 e. The number of carbonyl (C=O) groups excluding carboxylic acids is 1. The Bertz CT molecular complexity index is 491. The lowest BCUT2D eigenvalue weighted by molar-refractivity contribution is -0.385. The van der Waals surface area contributed by atoms with E-state index in [9.17, 15) is 14.9 Å². The van der Waals surface area contributed by atoms with Crippen molar-refractivity contribution in [3.05, 3.63) is 51.8 Å². The first-order valence-electron chi connectivity index (χ1n) is 5.22. The molecule has 0 saturated carbocycles. The number of ether oxygens (including phenoxy) is 1. The Balaban J connectivity index is 2.81. The van der Waals surface area contributed by atoms with E-state index in [1.807, 2.05) is 0 Å². The minimum atomic E-state index is -0.700. The summed E-state index contributed by atoms with van der Waals surface area (Å²) in [5.41, 5.74) is 0.450. The van der Waals surface area contributed by atoms with Crippen LogP contribution >= 0.6 is 0 Å². The third-order valence-corrected chi connectivity index (χ3v) is 2.17. The van der Waals surface area contributed by atoms with Gasteiger partial charge in [0.05, 0.1) is 16.8 Å². The molecule has 0 amide bonds. The van der Waals surface area contributed by atoms with Crippen LogP contribution in [-0.2, 0) is 9.53 Å². The van der Waals surface area contributed by atoms with Gasteiger partial charge >= 0.3 is 5.97 Å². The van der Waals surface area contributed by atoms with Gasteiger partial charge in [-0.15, -0.1) is 0 Å². The average Bonchev–Trinajstić information content (AvgIpc) is 2.27. The quantitative estimate of drug-likeness (QED) is 0.292. The monoisotopic (exact) mass is 251 g/mol. The molecule has 6 heteroatoms. The van der Waals surface area contributed by atoms with Gasteiger partial charge in [-0.3, -0.25) is 10.1 Å². The van der Waals surface area contributed by atoms with Gasteiger partial charge in [-0.25, -0.2) is 4.79 Å². The van der Waals surface area contributed by atoms with Gasteiger partial charge in [0, 0.05) is 12.1 Å². The summed E-state index contributed by atoms with van der Waals surface area (Å²) in [6, 6.07) is 5.84. The van der Waals surface area contributed by atoms with E-state index in [2.05, 4.69) is 0 Å². The highest BCUT2D eigenvalue weighted by Crippen LogP contribution is 2.21. The number of esters is 1. The topological polar surface area (TPSA) is 89.7 Å². The number of benzene rings is 1. The number of nitro groups is 1. The zero-order valence-electron chi connectivity index (χ0n) is 9.99. The minimum absolute atomic E-state index is 0.0655. The highest BCUT2D eigenvalue weighted by atomic mass is 16.6. The Morgan fingerprint density at radius 2 is 2.22 bits per heavy atom. The summed E-state index contributed by atoms with van der Waals surface area (Å²) in [6.45, 7) is 2.94. The second kappa shape index (κ2) is 5.81. The number of aliphatic hydroxyl groups excluding tert-OH is 1. The van der Waals surface area contributed by atoms with E-state index in [1.165, 1.54) is 25.1 Å². The van der Waals surface area contributed by atoms with E-state index in [1.54, 1.807) is 13.0 Å². The molecule has 0 aromatic heterocycles. The zero-order valence-corrected chi connectivity index (χ0v) is 9.99. The van der Waals surface area contributed by atoms with E-state index >= 15 is 0 Å². The molecule has 0 aliphatic carbocycles. The van der Waals surface area contributed by atoms with Crippen molar-refractivity contribution >= 4 is 11.7 Å². The third-order valence-electron chi connectivity index (χ3n) is 2.17. The first-order chi connectivity index (χ1) is 8.40. The van der Waals surface area contributed by atoms with Gasteiger partial charge in [0.25, 0.3) is 5.69 Å². The number of nitrogens with zero attached hydrogens (tertiary/aromatic N) is 1. The Hall–Kier alpha value is -2.37. The van der Waals surface area contributed by atoms with Gasteiger partial charge in [0.1, 0.15) is 6.10 Å². The smallest absolute Gasteiger partial charge is 0.334 e. The van der Waals surface area contributed by atoms with Crippen LogP contribution in [0.3, 0.4) is 0 Å². The Kier molecular flexibility index (Phi) is 4.42. The van der Waals surface area contributed by atoms with Crippen LogP contribution in [0.2, 0.25) is 0 Å². The van der Waals surface area contributed by atoms with Crippen LogP contribution in [0.15, 0.2) is 36.1 Å². The van der Waals surface area contributed by atoms with E-state index < -0.39 is 17.0 Å². The summed E-state index contributed by atoms with van der Waals surface area (Å²) in [6.07, 6.45) is 0.307. The number of aliphatic hydroxyl groups is 1. The summed E-state index contributed by atoms with van der Waals surface area (Å²) in [4.78, 5) is 21.3. The first-order valence-corrected chi connectivity index (χ1v) is 5.22. The van der Waals surface area contributed by atoms with Crippen molar-refractivity contribution in [3.63, 3.8) is 0 Å². The number of carbonyl (C=O) groups is 1. The molecule has 6 nitrogen and oxygen atoms in total. The largest absolute Gasteiger partial charge is 0.512 e. The van der Waals surface area contributed by atoms with Gasteiger partial charge < -0.3 is 9.84 Å². The molecular weight excluding hydrogens is 238 g/mol. The van der Waals surface area contributed by atoms with Crippen molar-refractivity contribution in [2.75, 3.05) is 0 Å². The van der Waals surface area contributed by atoms with E-state index in [0.717, 1.165) is 6.08 Å². The van der Waals surface area contributed by atoms with Crippen LogP contribution in [0.1, 0.15) is 25.5 Å². The van der Waals surface area contributed by atoms with Crippen LogP contribution in [0.4, 0.5) is 5.69 Å². The van der Waals surface area contributed by atoms with Crippen molar-refractivity contribution in [1.29, 1.82) is 0 Å². The predicted molar refractivity (Wildman–Crippen MR) is 64.0 cm³/mol. The second-order valence-electron chi connectivity index (χ2n) is 3.72. The predicted octanol–water partition coefficient (Wildman–Crippen LogP) is 2.66. The molecule has 0 spiro atoms. The summed E-state index contributed by atoms with van der Waals surface area (Å²) in [7, 11) is 0. The number of allylic oxidation sites excluding steroid dienone is 1. The summed E-state index contributed by atoms with van der Waals surface area (Å²) in [5.74, 6) is -0.861. The lowest BCUT2D eigenvalue weighted by Gasteiger charge is -2.11. The van der Waals surface area contributed by atoms with Crippen molar-refractivity contribution in [2.45, 2.75) is 20.0 Å². The standard InChI is InChI=1S/C12H13NO5/c1-8(14)6-12(15)18-9(2)10-4-3-5-11(7-10)13(16)17/h3-7,9,14H,1-2H3/b8-6-. The fraction of sp³-hybridized carbons (Fsp3) is 0.250.